The Hall–Kier alpha value is -2.23. The molecule has 178 valence electrons. The molecule has 2 fully saturated rings. The van der Waals surface area contributed by atoms with Crippen molar-refractivity contribution in [3.05, 3.63) is 51.2 Å². The third kappa shape index (κ3) is 4.85. The van der Waals surface area contributed by atoms with Crippen molar-refractivity contribution in [2.24, 2.45) is 5.92 Å². The molecule has 33 heavy (non-hydrogen) atoms. The Bertz CT molecular complexity index is 1110. The molecule has 1 aromatic carbocycles. The quantitative estimate of drug-likeness (QED) is 0.661. The van der Waals surface area contributed by atoms with Crippen molar-refractivity contribution in [3.8, 4) is 0 Å². The van der Waals surface area contributed by atoms with Crippen molar-refractivity contribution in [2.45, 2.75) is 38.5 Å². The summed E-state index contributed by atoms with van der Waals surface area (Å²) >= 11 is 1.44. The molecule has 0 atom stereocenters. The van der Waals surface area contributed by atoms with Crippen molar-refractivity contribution in [1.29, 1.82) is 0 Å². The van der Waals surface area contributed by atoms with Crippen LogP contribution in [0.2, 0.25) is 0 Å². The molecule has 2 aliphatic heterocycles. The first kappa shape index (κ1) is 23.9. The Balaban J connectivity index is 1.34. The van der Waals surface area contributed by atoms with E-state index >= 15 is 0 Å². The Morgan fingerprint density at radius 3 is 2.06 bits per heavy atom. The number of hydrogen-bond acceptors (Lipinski definition) is 5. The van der Waals surface area contributed by atoms with Crippen molar-refractivity contribution >= 4 is 33.2 Å². The number of piperidine rings is 1. The van der Waals surface area contributed by atoms with Gasteiger partial charge in [0, 0.05) is 45.2 Å². The predicted molar refractivity (Wildman–Crippen MR) is 129 cm³/mol. The van der Waals surface area contributed by atoms with Gasteiger partial charge in [-0.15, -0.1) is 11.3 Å². The minimum atomic E-state index is -3.60. The number of carbonyl (C=O) groups is 2. The molecule has 0 aliphatic carbocycles. The van der Waals surface area contributed by atoms with Crippen LogP contribution in [0.15, 0.2) is 34.5 Å². The van der Waals surface area contributed by atoms with Crippen LogP contribution < -0.4 is 0 Å². The van der Waals surface area contributed by atoms with E-state index in [1.807, 2.05) is 55.3 Å². The monoisotopic (exact) mass is 489 g/mol. The lowest BCUT2D eigenvalue weighted by Gasteiger charge is -2.38. The third-order valence-electron chi connectivity index (χ3n) is 6.62. The lowest BCUT2D eigenvalue weighted by Crippen LogP contribution is -2.53. The summed E-state index contributed by atoms with van der Waals surface area (Å²) in [5.74, 6) is 0.0107. The zero-order valence-electron chi connectivity index (χ0n) is 19.4. The molecule has 0 unspecified atom stereocenters. The number of likely N-dealkylation sites (tertiary alicyclic amines) is 1. The molecule has 0 bridgehead atoms. The average molecular weight is 490 g/mol. The zero-order valence-corrected chi connectivity index (χ0v) is 21.0. The van der Waals surface area contributed by atoms with E-state index in [4.69, 9.17) is 0 Å². The van der Waals surface area contributed by atoms with Crippen LogP contribution in [0.1, 0.15) is 39.2 Å². The summed E-state index contributed by atoms with van der Waals surface area (Å²) in [4.78, 5) is 30.4. The van der Waals surface area contributed by atoms with E-state index in [0.29, 0.717) is 57.0 Å². The summed E-state index contributed by atoms with van der Waals surface area (Å²) in [6, 6.07) is 7.50. The number of aryl methyl sites for hydroxylation is 3. The molecule has 2 saturated heterocycles. The summed E-state index contributed by atoms with van der Waals surface area (Å²) in [5, 5.41) is 1.89. The van der Waals surface area contributed by atoms with Gasteiger partial charge in [0.05, 0.1) is 9.77 Å². The molecule has 3 heterocycles. The van der Waals surface area contributed by atoms with Crippen LogP contribution >= 0.6 is 11.3 Å². The van der Waals surface area contributed by atoms with E-state index in [-0.39, 0.29) is 17.7 Å². The Morgan fingerprint density at radius 2 is 1.52 bits per heavy atom. The summed E-state index contributed by atoms with van der Waals surface area (Å²) in [6.45, 7) is 8.19. The van der Waals surface area contributed by atoms with E-state index < -0.39 is 10.0 Å². The van der Waals surface area contributed by atoms with Gasteiger partial charge in [0.1, 0.15) is 0 Å². The SMILES string of the molecule is Cc1cc(C)c(S(=O)(=O)N2CCN(C(=O)C3CCN(C(=O)c4cccs4)CC3)CC2)c(C)c1. The third-order valence-corrected chi connectivity index (χ3v) is 9.68. The summed E-state index contributed by atoms with van der Waals surface area (Å²) in [6.07, 6.45) is 1.30. The predicted octanol–water partition coefficient (Wildman–Crippen LogP) is 3.06. The van der Waals surface area contributed by atoms with E-state index in [1.54, 1.807) is 4.90 Å². The second kappa shape index (κ2) is 9.56. The highest BCUT2D eigenvalue weighted by Gasteiger charge is 2.35. The van der Waals surface area contributed by atoms with Gasteiger partial charge in [-0.3, -0.25) is 9.59 Å². The van der Waals surface area contributed by atoms with Crippen LogP contribution in [0.4, 0.5) is 0 Å². The van der Waals surface area contributed by atoms with Crippen molar-refractivity contribution < 1.29 is 18.0 Å². The number of rotatable bonds is 4. The number of benzene rings is 1. The van der Waals surface area contributed by atoms with E-state index in [0.717, 1.165) is 21.6 Å². The first-order valence-electron chi connectivity index (χ1n) is 11.4. The van der Waals surface area contributed by atoms with E-state index in [1.165, 1.54) is 15.6 Å². The molecular formula is C24H31N3O4S2. The van der Waals surface area contributed by atoms with Gasteiger partial charge in [0.2, 0.25) is 15.9 Å². The standard InChI is InChI=1S/C24H31N3O4S2/c1-17-15-18(2)22(19(3)16-17)33(30,31)27-12-10-26(11-13-27)23(28)20-6-8-25(9-7-20)24(29)21-5-4-14-32-21/h4-5,14-16,20H,6-13H2,1-3H3. The van der Waals surface area contributed by atoms with Gasteiger partial charge < -0.3 is 9.80 Å². The van der Waals surface area contributed by atoms with Gasteiger partial charge in [-0.05, 0) is 56.2 Å². The lowest BCUT2D eigenvalue weighted by atomic mass is 9.95. The minimum Gasteiger partial charge on any atom is -0.340 e. The number of amides is 2. The highest BCUT2D eigenvalue weighted by atomic mass is 32.2. The Kier molecular flexibility index (Phi) is 6.93. The number of thiophene rings is 1. The average Bonchev–Trinajstić information content (AvgIpc) is 3.32. The number of nitrogens with zero attached hydrogens (tertiary/aromatic N) is 3. The van der Waals surface area contributed by atoms with E-state index in [9.17, 15) is 18.0 Å². The molecule has 0 spiro atoms. The summed E-state index contributed by atoms with van der Waals surface area (Å²) in [7, 11) is -3.60. The molecule has 4 rings (SSSR count). The minimum absolute atomic E-state index is 0.0383. The molecule has 7 nitrogen and oxygen atoms in total. The lowest BCUT2D eigenvalue weighted by molar-refractivity contribution is -0.138. The molecule has 0 N–H and O–H groups in total. The van der Waals surface area contributed by atoms with Crippen LogP contribution in [0.5, 0.6) is 0 Å². The molecule has 2 amide bonds. The smallest absolute Gasteiger partial charge is 0.263 e. The van der Waals surface area contributed by atoms with Gasteiger partial charge in [0.25, 0.3) is 5.91 Å². The molecule has 0 radical (unpaired) electrons. The maximum Gasteiger partial charge on any atom is 0.263 e. The fourth-order valence-electron chi connectivity index (χ4n) is 5.00. The van der Waals surface area contributed by atoms with Crippen molar-refractivity contribution in [1.82, 2.24) is 14.1 Å². The normalized spacial score (nSPS) is 18.5. The maximum atomic E-state index is 13.3. The molecule has 1 aromatic heterocycles. The summed E-state index contributed by atoms with van der Waals surface area (Å²) in [5.41, 5.74) is 2.56. The number of piperazine rings is 1. The van der Waals surface area contributed by atoms with Crippen molar-refractivity contribution in [2.75, 3.05) is 39.3 Å². The van der Waals surface area contributed by atoms with Crippen molar-refractivity contribution in [3.63, 3.8) is 0 Å². The molecule has 9 heteroatoms. The summed E-state index contributed by atoms with van der Waals surface area (Å²) < 4.78 is 28.1. The van der Waals surface area contributed by atoms with E-state index in [2.05, 4.69) is 0 Å². The molecule has 0 saturated carbocycles. The largest absolute Gasteiger partial charge is 0.340 e. The van der Waals surface area contributed by atoms with Gasteiger partial charge in [-0.2, -0.15) is 4.31 Å². The first-order chi connectivity index (χ1) is 15.7. The zero-order chi connectivity index (χ0) is 23.8. The molecular weight excluding hydrogens is 458 g/mol. The van der Waals surface area contributed by atoms with Gasteiger partial charge in [0.15, 0.2) is 0 Å². The fourth-order valence-corrected chi connectivity index (χ4v) is 7.52. The fraction of sp³-hybridized carbons (Fsp3) is 0.500. The topological polar surface area (TPSA) is 78.0 Å². The second-order valence-corrected chi connectivity index (χ2v) is 11.8. The van der Waals surface area contributed by atoms with Gasteiger partial charge >= 0.3 is 0 Å². The number of sulfonamides is 1. The molecule has 2 aliphatic rings. The van der Waals surface area contributed by atoms with Gasteiger partial charge in [-0.25, -0.2) is 8.42 Å². The number of hydrogen-bond donors (Lipinski definition) is 0. The second-order valence-electron chi connectivity index (χ2n) is 9.00. The molecule has 2 aromatic rings. The highest BCUT2D eigenvalue weighted by molar-refractivity contribution is 7.89. The Labute approximate surface area is 200 Å². The van der Waals surface area contributed by atoms with Crippen LogP contribution in [-0.4, -0.2) is 73.6 Å². The highest BCUT2D eigenvalue weighted by Crippen LogP contribution is 2.27. The van der Waals surface area contributed by atoms with Crippen LogP contribution in [0.25, 0.3) is 0 Å². The van der Waals surface area contributed by atoms with Crippen LogP contribution in [0, 0.1) is 26.7 Å². The first-order valence-corrected chi connectivity index (χ1v) is 13.7. The Morgan fingerprint density at radius 1 is 0.909 bits per heavy atom. The van der Waals surface area contributed by atoms with Crippen LogP contribution in [-0.2, 0) is 14.8 Å². The van der Waals surface area contributed by atoms with Crippen LogP contribution in [0.3, 0.4) is 0 Å². The maximum absolute atomic E-state index is 13.3. The van der Waals surface area contributed by atoms with Gasteiger partial charge in [-0.1, -0.05) is 23.8 Å². The number of carbonyl (C=O) groups excluding carboxylic acids is 2.